The summed E-state index contributed by atoms with van der Waals surface area (Å²) in [6.45, 7) is 4.89. The van der Waals surface area contributed by atoms with E-state index < -0.39 is 12.1 Å². The lowest BCUT2D eigenvalue weighted by Crippen LogP contribution is -2.25. The highest BCUT2D eigenvalue weighted by Gasteiger charge is 2.42. The van der Waals surface area contributed by atoms with Gasteiger partial charge in [-0.3, -0.25) is 4.90 Å². The van der Waals surface area contributed by atoms with Crippen LogP contribution in [-0.4, -0.2) is 62.6 Å². The molecule has 0 unspecified atom stereocenters. The lowest BCUT2D eigenvalue weighted by molar-refractivity contribution is -0.192. The summed E-state index contributed by atoms with van der Waals surface area (Å²) in [5.41, 5.74) is 0. The van der Waals surface area contributed by atoms with E-state index in [2.05, 4.69) is 20.0 Å². The lowest BCUT2D eigenvalue weighted by atomic mass is 10.0. The summed E-state index contributed by atoms with van der Waals surface area (Å²) in [5.74, 6) is -0.749. The number of ether oxygens (including phenoxy) is 1. The zero-order valence-electron chi connectivity index (χ0n) is 14.9. The highest BCUT2D eigenvalue weighted by atomic mass is 32.1. The van der Waals surface area contributed by atoms with Crippen molar-refractivity contribution in [1.29, 1.82) is 0 Å². The molecule has 4 rings (SSSR count). The van der Waals surface area contributed by atoms with Gasteiger partial charge in [0.1, 0.15) is 5.01 Å². The van der Waals surface area contributed by atoms with Crippen LogP contribution in [0.25, 0.3) is 0 Å². The van der Waals surface area contributed by atoms with Crippen molar-refractivity contribution in [3.8, 4) is 0 Å². The number of carboxylic acids is 1. The van der Waals surface area contributed by atoms with Crippen molar-refractivity contribution in [2.75, 3.05) is 13.1 Å². The Hall–Kier alpha value is -2.05. The first-order chi connectivity index (χ1) is 13.2. The highest BCUT2D eigenvalue weighted by Crippen LogP contribution is 2.34. The molecular formula is C16H19F3N4O4S. The van der Waals surface area contributed by atoms with Crippen molar-refractivity contribution in [2.45, 2.75) is 44.7 Å². The number of aromatic nitrogens is 3. The molecule has 2 fully saturated rings. The summed E-state index contributed by atoms with van der Waals surface area (Å²) in [4.78, 5) is 20.0. The second kappa shape index (κ2) is 8.53. The van der Waals surface area contributed by atoms with E-state index in [1.54, 1.807) is 11.3 Å². The smallest absolute Gasteiger partial charge is 0.475 e. The minimum Gasteiger partial charge on any atom is -0.475 e. The quantitative estimate of drug-likeness (QED) is 0.804. The number of carboxylic acid groups (broad SMARTS) is 1. The Morgan fingerprint density at radius 2 is 2.18 bits per heavy atom. The molecule has 0 spiro atoms. The van der Waals surface area contributed by atoms with Gasteiger partial charge in [0.15, 0.2) is 5.82 Å². The highest BCUT2D eigenvalue weighted by molar-refractivity contribution is 7.09. The Kier molecular flexibility index (Phi) is 6.30. The third kappa shape index (κ3) is 5.49. The van der Waals surface area contributed by atoms with Crippen molar-refractivity contribution in [2.24, 2.45) is 5.92 Å². The largest absolute Gasteiger partial charge is 0.490 e. The van der Waals surface area contributed by atoms with Gasteiger partial charge in [0, 0.05) is 30.6 Å². The molecule has 8 nitrogen and oxygen atoms in total. The van der Waals surface area contributed by atoms with Crippen LogP contribution >= 0.6 is 11.3 Å². The molecule has 2 aliphatic rings. The predicted octanol–water partition coefficient (Wildman–Crippen LogP) is 2.30. The monoisotopic (exact) mass is 420 g/mol. The van der Waals surface area contributed by atoms with Crippen LogP contribution in [-0.2, 0) is 22.5 Å². The Labute approximate surface area is 162 Å². The molecule has 0 aliphatic carbocycles. The van der Waals surface area contributed by atoms with E-state index in [1.165, 1.54) is 5.01 Å². The molecule has 1 N–H and O–H groups in total. The third-order valence-corrected chi connectivity index (χ3v) is 5.21. The van der Waals surface area contributed by atoms with Gasteiger partial charge in [-0.15, -0.1) is 11.3 Å². The SMILES string of the molecule is Cc1noc(C[C@@H]2C[C@H]3CN(Cc4nccs4)C[C@H]3O2)n1.O=C(O)C(F)(F)F. The number of thiazole rings is 1. The van der Waals surface area contributed by atoms with E-state index in [4.69, 9.17) is 19.2 Å². The number of carbonyl (C=O) groups is 1. The molecule has 154 valence electrons. The lowest BCUT2D eigenvalue weighted by Gasteiger charge is -2.17. The van der Waals surface area contributed by atoms with Crippen LogP contribution < -0.4 is 0 Å². The Morgan fingerprint density at radius 1 is 1.43 bits per heavy atom. The number of halogens is 3. The molecule has 12 heteroatoms. The summed E-state index contributed by atoms with van der Waals surface area (Å²) < 4.78 is 43.1. The molecule has 0 radical (unpaired) electrons. The number of likely N-dealkylation sites (tertiary alicyclic amines) is 1. The summed E-state index contributed by atoms with van der Waals surface area (Å²) in [7, 11) is 0. The summed E-state index contributed by atoms with van der Waals surface area (Å²) in [5, 5.41) is 14.2. The van der Waals surface area contributed by atoms with Gasteiger partial charge in [0.25, 0.3) is 0 Å². The average Bonchev–Trinajstić information content (AvgIpc) is 3.34. The van der Waals surface area contributed by atoms with Crippen LogP contribution in [0.4, 0.5) is 13.2 Å². The predicted molar refractivity (Wildman–Crippen MR) is 90.6 cm³/mol. The first-order valence-corrected chi connectivity index (χ1v) is 9.44. The summed E-state index contributed by atoms with van der Waals surface area (Å²) >= 11 is 1.72. The van der Waals surface area contributed by atoms with E-state index in [0.717, 1.165) is 32.5 Å². The normalized spacial score (nSPS) is 24.6. The zero-order chi connectivity index (χ0) is 20.3. The Bertz CT molecular complexity index is 769. The number of aliphatic carboxylic acids is 1. The molecule has 0 saturated carbocycles. The molecular weight excluding hydrogens is 401 g/mol. The molecule has 2 aliphatic heterocycles. The van der Waals surface area contributed by atoms with E-state index in [9.17, 15) is 13.2 Å². The van der Waals surface area contributed by atoms with Crippen LogP contribution in [0.1, 0.15) is 23.1 Å². The third-order valence-electron chi connectivity index (χ3n) is 4.45. The van der Waals surface area contributed by atoms with E-state index in [1.807, 2.05) is 18.5 Å². The van der Waals surface area contributed by atoms with Gasteiger partial charge in [0.2, 0.25) is 5.89 Å². The molecule has 2 aromatic rings. The molecule has 0 bridgehead atoms. The zero-order valence-corrected chi connectivity index (χ0v) is 15.7. The van der Waals surface area contributed by atoms with Gasteiger partial charge in [-0.05, 0) is 13.3 Å². The van der Waals surface area contributed by atoms with E-state index >= 15 is 0 Å². The van der Waals surface area contributed by atoms with E-state index in [0.29, 0.717) is 23.7 Å². The number of aryl methyl sites for hydroxylation is 1. The number of fused-ring (bicyclic) bond motifs is 1. The maximum Gasteiger partial charge on any atom is 0.490 e. The van der Waals surface area contributed by atoms with Crippen molar-refractivity contribution in [1.82, 2.24) is 20.0 Å². The minimum atomic E-state index is -5.08. The van der Waals surface area contributed by atoms with Crippen molar-refractivity contribution in [3.63, 3.8) is 0 Å². The molecule has 2 saturated heterocycles. The second-order valence-corrected chi connectivity index (χ2v) is 7.63. The number of hydrogen-bond donors (Lipinski definition) is 1. The molecule has 28 heavy (non-hydrogen) atoms. The van der Waals surface area contributed by atoms with Gasteiger partial charge in [-0.1, -0.05) is 5.16 Å². The number of rotatable bonds is 4. The van der Waals surface area contributed by atoms with Gasteiger partial charge in [-0.25, -0.2) is 9.78 Å². The summed E-state index contributed by atoms with van der Waals surface area (Å²) in [6, 6.07) is 0. The molecule has 4 heterocycles. The fourth-order valence-electron chi connectivity index (χ4n) is 3.35. The first kappa shape index (κ1) is 20.7. The molecule has 0 aromatic carbocycles. The Balaban J connectivity index is 0.000000279. The van der Waals surface area contributed by atoms with Gasteiger partial charge >= 0.3 is 12.1 Å². The average molecular weight is 420 g/mol. The summed E-state index contributed by atoms with van der Waals surface area (Å²) in [6.07, 6.45) is -0.822. The molecule has 0 amide bonds. The van der Waals surface area contributed by atoms with Crippen LogP contribution in [0.2, 0.25) is 0 Å². The standard InChI is InChI=1S/C14H18N4O2S.C2HF3O2/c1-9-16-13(20-17-9)5-11-4-10-6-18(7-12(10)19-11)8-14-15-2-3-21-14;3-2(4,5)1(6)7/h2-3,10-12H,4-8H2,1H3;(H,6,7)/t10-,11-,12+;/m0./s1. The van der Waals surface area contributed by atoms with E-state index in [-0.39, 0.29) is 6.10 Å². The fourth-order valence-corrected chi connectivity index (χ4v) is 4.01. The van der Waals surface area contributed by atoms with Crippen molar-refractivity contribution >= 4 is 17.3 Å². The molecule has 2 aromatic heterocycles. The maximum absolute atomic E-state index is 10.6. The van der Waals surface area contributed by atoms with Crippen molar-refractivity contribution < 1.29 is 32.3 Å². The number of hydrogen-bond acceptors (Lipinski definition) is 8. The van der Waals surface area contributed by atoms with Crippen LogP contribution in [0.3, 0.4) is 0 Å². The maximum atomic E-state index is 10.6. The van der Waals surface area contributed by atoms with Gasteiger partial charge < -0.3 is 14.4 Å². The minimum absolute atomic E-state index is 0.224. The number of alkyl halides is 3. The second-order valence-electron chi connectivity index (χ2n) is 6.65. The number of nitrogens with zero attached hydrogens (tertiary/aromatic N) is 4. The molecule has 3 atom stereocenters. The van der Waals surface area contributed by atoms with Gasteiger partial charge in [-0.2, -0.15) is 18.2 Å². The first-order valence-electron chi connectivity index (χ1n) is 8.56. The van der Waals surface area contributed by atoms with Crippen LogP contribution in [0.15, 0.2) is 16.1 Å². The van der Waals surface area contributed by atoms with Crippen molar-refractivity contribution in [3.05, 3.63) is 28.3 Å². The Morgan fingerprint density at radius 3 is 2.71 bits per heavy atom. The van der Waals surface area contributed by atoms with Crippen LogP contribution in [0.5, 0.6) is 0 Å². The fraction of sp³-hybridized carbons (Fsp3) is 0.625. The van der Waals surface area contributed by atoms with Crippen LogP contribution in [0, 0.1) is 12.8 Å². The van der Waals surface area contributed by atoms with Gasteiger partial charge in [0.05, 0.1) is 25.2 Å². The topological polar surface area (TPSA) is 102 Å².